The van der Waals surface area contributed by atoms with Gasteiger partial charge in [0.1, 0.15) is 19.0 Å². The third-order valence-corrected chi connectivity index (χ3v) is 2.71. The lowest BCUT2D eigenvalue weighted by Crippen LogP contribution is -2.15. The molecule has 2 aromatic rings. The Bertz CT molecular complexity index is 551. The summed E-state index contributed by atoms with van der Waals surface area (Å²) in [6, 6.07) is 7.78. The first-order valence-corrected chi connectivity index (χ1v) is 5.87. The van der Waals surface area contributed by atoms with Crippen molar-refractivity contribution in [2.45, 2.75) is 13.5 Å². The molecule has 1 N–H and O–H groups in total. The molecule has 5 nitrogen and oxygen atoms in total. The van der Waals surface area contributed by atoms with Crippen LogP contribution >= 0.6 is 0 Å². The number of fused-ring (bicyclic) bond motifs is 1. The molecule has 0 atom stereocenters. The number of hydrogen-bond donors (Lipinski definition) is 1. The maximum Gasteiger partial charge on any atom is 0.169 e. The van der Waals surface area contributed by atoms with Crippen LogP contribution in [0.15, 0.2) is 28.8 Å². The predicted octanol–water partition coefficient (Wildman–Crippen LogP) is 2.37. The van der Waals surface area contributed by atoms with Crippen LogP contribution in [0.25, 0.3) is 0 Å². The number of aryl methyl sites for hydroxylation is 1. The van der Waals surface area contributed by atoms with E-state index in [9.17, 15) is 0 Å². The van der Waals surface area contributed by atoms with Crippen molar-refractivity contribution < 1.29 is 14.0 Å². The summed E-state index contributed by atoms with van der Waals surface area (Å²) in [5.74, 6) is 3.14. The van der Waals surface area contributed by atoms with E-state index >= 15 is 0 Å². The monoisotopic (exact) mass is 246 g/mol. The standard InChI is InChI=1S/C13H14N2O3/c1-9-6-13(15-18-9)14-8-10-2-3-11-12(7-10)17-5-4-16-11/h2-3,6-7H,4-5,8H2,1H3,(H,14,15). The minimum atomic E-state index is 0.604. The second-order valence-electron chi connectivity index (χ2n) is 4.15. The van der Waals surface area contributed by atoms with Gasteiger partial charge in [-0.1, -0.05) is 11.2 Å². The van der Waals surface area contributed by atoms with Gasteiger partial charge in [0.2, 0.25) is 0 Å². The minimum absolute atomic E-state index is 0.604. The molecule has 0 spiro atoms. The fraction of sp³-hybridized carbons (Fsp3) is 0.308. The molecular formula is C13H14N2O3. The normalized spacial score (nSPS) is 13.4. The second-order valence-corrected chi connectivity index (χ2v) is 4.15. The molecule has 5 heteroatoms. The largest absolute Gasteiger partial charge is 0.486 e. The predicted molar refractivity (Wildman–Crippen MR) is 66.0 cm³/mol. The molecule has 0 radical (unpaired) electrons. The van der Waals surface area contributed by atoms with Crippen LogP contribution in [0.3, 0.4) is 0 Å². The minimum Gasteiger partial charge on any atom is -0.486 e. The summed E-state index contributed by atoms with van der Waals surface area (Å²) in [7, 11) is 0. The molecule has 0 amide bonds. The van der Waals surface area contributed by atoms with Crippen molar-refractivity contribution in [3.8, 4) is 11.5 Å². The summed E-state index contributed by atoms with van der Waals surface area (Å²) >= 11 is 0. The zero-order chi connectivity index (χ0) is 12.4. The van der Waals surface area contributed by atoms with E-state index in [1.165, 1.54) is 0 Å². The van der Waals surface area contributed by atoms with E-state index in [0.717, 1.165) is 28.6 Å². The average molecular weight is 246 g/mol. The molecule has 0 unspecified atom stereocenters. The quantitative estimate of drug-likeness (QED) is 0.901. The number of aromatic nitrogens is 1. The maximum atomic E-state index is 5.53. The van der Waals surface area contributed by atoms with Crippen molar-refractivity contribution in [3.05, 3.63) is 35.6 Å². The molecule has 1 aromatic heterocycles. The zero-order valence-electron chi connectivity index (χ0n) is 10.1. The van der Waals surface area contributed by atoms with Gasteiger partial charge in [0.25, 0.3) is 0 Å². The van der Waals surface area contributed by atoms with Gasteiger partial charge in [-0.05, 0) is 24.6 Å². The highest BCUT2D eigenvalue weighted by Gasteiger charge is 2.11. The number of anilines is 1. The molecule has 0 fully saturated rings. The molecule has 1 aromatic carbocycles. The van der Waals surface area contributed by atoms with Crippen molar-refractivity contribution in [2.75, 3.05) is 18.5 Å². The number of nitrogens with one attached hydrogen (secondary N) is 1. The molecule has 1 aliphatic heterocycles. The maximum absolute atomic E-state index is 5.53. The van der Waals surface area contributed by atoms with Crippen LogP contribution in [0, 0.1) is 6.92 Å². The second kappa shape index (κ2) is 4.60. The number of benzene rings is 1. The van der Waals surface area contributed by atoms with Crippen LogP contribution in [0.1, 0.15) is 11.3 Å². The van der Waals surface area contributed by atoms with Gasteiger partial charge in [0.15, 0.2) is 17.3 Å². The smallest absolute Gasteiger partial charge is 0.169 e. The Labute approximate surface area is 105 Å². The Morgan fingerprint density at radius 3 is 2.78 bits per heavy atom. The van der Waals surface area contributed by atoms with Gasteiger partial charge in [-0.3, -0.25) is 0 Å². The van der Waals surface area contributed by atoms with Crippen LogP contribution in [-0.4, -0.2) is 18.4 Å². The highest BCUT2D eigenvalue weighted by Crippen LogP contribution is 2.30. The summed E-state index contributed by atoms with van der Waals surface area (Å²) in [5.41, 5.74) is 1.11. The van der Waals surface area contributed by atoms with Crippen molar-refractivity contribution in [2.24, 2.45) is 0 Å². The van der Waals surface area contributed by atoms with Gasteiger partial charge in [-0.2, -0.15) is 0 Å². The van der Waals surface area contributed by atoms with Crippen molar-refractivity contribution in [1.29, 1.82) is 0 Å². The highest BCUT2D eigenvalue weighted by atomic mass is 16.6. The molecule has 94 valence electrons. The summed E-state index contributed by atoms with van der Waals surface area (Å²) in [4.78, 5) is 0. The molecule has 3 rings (SSSR count). The van der Waals surface area contributed by atoms with E-state index < -0.39 is 0 Å². The summed E-state index contributed by atoms with van der Waals surface area (Å²) in [6.07, 6.45) is 0. The number of ether oxygens (including phenoxy) is 2. The van der Waals surface area contributed by atoms with Gasteiger partial charge in [-0.25, -0.2) is 0 Å². The third-order valence-electron chi connectivity index (χ3n) is 2.71. The van der Waals surface area contributed by atoms with Gasteiger partial charge in [0.05, 0.1) is 0 Å². The molecular weight excluding hydrogens is 232 g/mol. The summed E-state index contributed by atoms with van der Waals surface area (Å²) < 4.78 is 16.0. The summed E-state index contributed by atoms with van der Waals surface area (Å²) in [6.45, 7) is 3.75. The van der Waals surface area contributed by atoms with Gasteiger partial charge < -0.3 is 19.3 Å². The van der Waals surface area contributed by atoms with E-state index in [1.807, 2.05) is 31.2 Å². The molecule has 0 saturated carbocycles. The van der Waals surface area contributed by atoms with E-state index in [2.05, 4.69) is 10.5 Å². The first-order valence-electron chi connectivity index (χ1n) is 5.87. The number of nitrogens with zero attached hydrogens (tertiary/aromatic N) is 1. The summed E-state index contributed by atoms with van der Waals surface area (Å²) in [5, 5.41) is 7.06. The molecule has 2 heterocycles. The first-order chi connectivity index (χ1) is 8.81. The van der Waals surface area contributed by atoms with E-state index in [-0.39, 0.29) is 0 Å². The molecule has 18 heavy (non-hydrogen) atoms. The van der Waals surface area contributed by atoms with Gasteiger partial charge in [0, 0.05) is 12.6 Å². The van der Waals surface area contributed by atoms with Gasteiger partial charge in [-0.15, -0.1) is 0 Å². The lowest BCUT2D eigenvalue weighted by atomic mass is 10.2. The topological polar surface area (TPSA) is 56.5 Å². The Morgan fingerprint density at radius 2 is 2.00 bits per heavy atom. The van der Waals surface area contributed by atoms with E-state index in [4.69, 9.17) is 14.0 Å². The average Bonchev–Trinajstić information content (AvgIpc) is 2.82. The van der Waals surface area contributed by atoms with Crippen molar-refractivity contribution in [3.63, 3.8) is 0 Å². The lowest BCUT2D eigenvalue weighted by Gasteiger charge is -2.18. The van der Waals surface area contributed by atoms with Crippen LogP contribution in [0.5, 0.6) is 11.5 Å². The number of rotatable bonds is 3. The van der Waals surface area contributed by atoms with Gasteiger partial charge >= 0.3 is 0 Å². The fourth-order valence-electron chi connectivity index (χ4n) is 1.84. The Kier molecular flexibility index (Phi) is 2.80. The van der Waals surface area contributed by atoms with Crippen LogP contribution in [-0.2, 0) is 6.54 Å². The van der Waals surface area contributed by atoms with E-state index in [0.29, 0.717) is 19.8 Å². The molecule has 0 aliphatic carbocycles. The van der Waals surface area contributed by atoms with Crippen LogP contribution < -0.4 is 14.8 Å². The number of hydrogen-bond acceptors (Lipinski definition) is 5. The lowest BCUT2D eigenvalue weighted by molar-refractivity contribution is 0.171. The highest BCUT2D eigenvalue weighted by molar-refractivity contribution is 5.45. The third kappa shape index (κ3) is 2.25. The van der Waals surface area contributed by atoms with E-state index in [1.54, 1.807) is 0 Å². The molecule has 0 bridgehead atoms. The van der Waals surface area contributed by atoms with Crippen LogP contribution in [0.2, 0.25) is 0 Å². The SMILES string of the molecule is Cc1cc(NCc2ccc3c(c2)OCCO3)no1. The van der Waals surface area contributed by atoms with Crippen molar-refractivity contribution >= 4 is 5.82 Å². The Morgan fingerprint density at radius 1 is 1.17 bits per heavy atom. The molecule has 0 saturated heterocycles. The first kappa shape index (κ1) is 11.0. The molecule has 1 aliphatic rings. The zero-order valence-corrected chi connectivity index (χ0v) is 10.1. The fourth-order valence-corrected chi connectivity index (χ4v) is 1.84. The Balaban J connectivity index is 1.69. The van der Waals surface area contributed by atoms with Crippen LogP contribution in [0.4, 0.5) is 5.82 Å². The van der Waals surface area contributed by atoms with Crippen molar-refractivity contribution in [1.82, 2.24) is 5.16 Å². The Hall–Kier alpha value is -2.17.